The van der Waals surface area contributed by atoms with Gasteiger partial charge in [-0.2, -0.15) is 5.26 Å². The zero-order chi connectivity index (χ0) is 10.3. The molecule has 0 spiro atoms. The molecule has 0 bridgehead atoms. The van der Waals surface area contributed by atoms with E-state index >= 15 is 0 Å². The highest BCUT2D eigenvalue weighted by Crippen LogP contribution is 2.12. The molecule has 0 aliphatic heterocycles. The molecule has 0 aliphatic rings. The first-order valence-electron chi connectivity index (χ1n) is 4.77. The summed E-state index contributed by atoms with van der Waals surface area (Å²) in [5.74, 6) is 0. The average molecular weight is 184 g/mol. The second-order valence-corrected chi connectivity index (χ2v) is 3.62. The second-order valence-electron chi connectivity index (χ2n) is 3.62. The fraction of sp³-hybridized carbons (Fsp3) is 0.900. The molecule has 0 saturated heterocycles. The molecule has 0 saturated carbocycles. The maximum Gasteiger partial charge on any atom is 0.106 e. The number of ether oxygens (including phenoxy) is 1. The van der Waals surface area contributed by atoms with Crippen LogP contribution in [0.3, 0.4) is 0 Å². The molecule has 3 heteroatoms. The molecule has 1 N–H and O–H groups in total. The van der Waals surface area contributed by atoms with Gasteiger partial charge in [-0.25, -0.2) is 0 Å². The Balaban J connectivity index is 4.05. The Morgan fingerprint density at radius 2 is 2.23 bits per heavy atom. The molecule has 0 aromatic carbocycles. The molecule has 0 heterocycles. The lowest BCUT2D eigenvalue weighted by Crippen LogP contribution is -2.43. The first kappa shape index (κ1) is 12.4. The van der Waals surface area contributed by atoms with E-state index in [4.69, 9.17) is 10.00 Å². The third-order valence-corrected chi connectivity index (χ3v) is 2.11. The maximum absolute atomic E-state index is 8.99. The molecule has 2 atom stereocenters. The van der Waals surface area contributed by atoms with Gasteiger partial charge in [0.05, 0.1) is 12.2 Å². The third kappa shape index (κ3) is 4.87. The lowest BCUT2D eigenvalue weighted by Gasteiger charge is -2.25. The Morgan fingerprint density at radius 1 is 1.62 bits per heavy atom. The molecule has 3 nitrogen and oxygen atoms in total. The standard InChI is InChI=1S/C10H20N2O/c1-5-6-12-10(3,8-11)7-9(2)13-4/h9,12H,5-7H2,1-4H3. The van der Waals surface area contributed by atoms with Crippen LogP contribution in [0.15, 0.2) is 0 Å². The van der Waals surface area contributed by atoms with Crippen LogP contribution in [0, 0.1) is 11.3 Å². The summed E-state index contributed by atoms with van der Waals surface area (Å²) in [6, 6.07) is 2.29. The van der Waals surface area contributed by atoms with Gasteiger partial charge >= 0.3 is 0 Å². The van der Waals surface area contributed by atoms with Crippen LogP contribution >= 0.6 is 0 Å². The van der Waals surface area contributed by atoms with Gasteiger partial charge in [0.25, 0.3) is 0 Å². The van der Waals surface area contributed by atoms with Gasteiger partial charge in [-0.05, 0) is 26.8 Å². The Morgan fingerprint density at radius 3 is 2.62 bits per heavy atom. The van der Waals surface area contributed by atoms with Gasteiger partial charge in [0.15, 0.2) is 0 Å². The minimum Gasteiger partial charge on any atom is -0.382 e. The molecule has 0 aromatic rings. The van der Waals surface area contributed by atoms with Crippen molar-refractivity contribution in [3.63, 3.8) is 0 Å². The fourth-order valence-electron chi connectivity index (χ4n) is 1.22. The van der Waals surface area contributed by atoms with Gasteiger partial charge in [0.1, 0.15) is 5.54 Å². The first-order valence-corrected chi connectivity index (χ1v) is 4.77. The Hall–Kier alpha value is -0.590. The lowest BCUT2D eigenvalue weighted by atomic mass is 9.96. The zero-order valence-electron chi connectivity index (χ0n) is 9.05. The predicted molar refractivity (Wildman–Crippen MR) is 53.4 cm³/mol. The molecule has 0 fully saturated rings. The fourth-order valence-corrected chi connectivity index (χ4v) is 1.22. The van der Waals surface area contributed by atoms with E-state index in [1.165, 1.54) is 0 Å². The summed E-state index contributed by atoms with van der Waals surface area (Å²) in [5.41, 5.74) is -0.453. The van der Waals surface area contributed by atoms with E-state index in [0.717, 1.165) is 19.4 Å². The van der Waals surface area contributed by atoms with Gasteiger partial charge in [0, 0.05) is 13.5 Å². The first-order chi connectivity index (χ1) is 6.08. The summed E-state index contributed by atoms with van der Waals surface area (Å²) in [6.07, 6.45) is 1.88. The Kier molecular flexibility index (Phi) is 5.68. The maximum atomic E-state index is 8.99. The van der Waals surface area contributed by atoms with Crippen LogP contribution < -0.4 is 5.32 Å². The molecule has 0 aromatic heterocycles. The number of nitriles is 1. The Bertz CT molecular complexity index is 176. The second kappa shape index (κ2) is 5.95. The SMILES string of the molecule is CCCNC(C)(C#N)CC(C)OC. The molecule has 13 heavy (non-hydrogen) atoms. The van der Waals surface area contributed by atoms with Crippen molar-refractivity contribution in [2.45, 2.75) is 45.3 Å². The van der Waals surface area contributed by atoms with Crippen LogP contribution in [-0.2, 0) is 4.74 Å². The van der Waals surface area contributed by atoms with Gasteiger partial charge < -0.3 is 4.74 Å². The molecule has 0 rings (SSSR count). The van der Waals surface area contributed by atoms with E-state index < -0.39 is 5.54 Å². The monoisotopic (exact) mass is 184 g/mol. The van der Waals surface area contributed by atoms with E-state index in [9.17, 15) is 0 Å². The zero-order valence-corrected chi connectivity index (χ0v) is 9.05. The van der Waals surface area contributed by atoms with E-state index in [1.54, 1.807) is 7.11 Å². The van der Waals surface area contributed by atoms with Crippen molar-refractivity contribution in [2.75, 3.05) is 13.7 Å². The van der Waals surface area contributed by atoms with Crippen LogP contribution in [0.1, 0.15) is 33.6 Å². The molecule has 0 aliphatic carbocycles. The van der Waals surface area contributed by atoms with E-state index in [2.05, 4.69) is 18.3 Å². The van der Waals surface area contributed by atoms with Crippen molar-refractivity contribution < 1.29 is 4.74 Å². The summed E-state index contributed by atoms with van der Waals surface area (Å²) >= 11 is 0. The molecule has 0 amide bonds. The highest BCUT2D eigenvalue weighted by atomic mass is 16.5. The van der Waals surface area contributed by atoms with Gasteiger partial charge in [0.2, 0.25) is 0 Å². The molecule has 0 radical (unpaired) electrons. The number of hydrogen-bond donors (Lipinski definition) is 1. The normalized spacial score (nSPS) is 17.5. The van der Waals surface area contributed by atoms with Gasteiger partial charge in [-0.15, -0.1) is 0 Å². The van der Waals surface area contributed by atoms with Gasteiger partial charge in [-0.1, -0.05) is 6.92 Å². The average Bonchev–Trinajstić information content (AvgIpc) is 2.14. The number of nitrogens with one attached hydrogen (secondary N) is 1. The van der Waals surface area contributed by atoms with Crippen molar-refractivity contribution in [1.29, 1.82) is 5.26 Å². The van der Waals surface area contributed by atoms with Crippen LogP contribution in [0.25, 0.3) is 0 Å². The van der Waals surface area contributed by atoms with Crippen LogP contribution in [-0.4, -0.2) is 25.3 Å². The molecular weight excluding hydrogens is 164 g/mol. The molecule has 76 valence electrons. The number of methoxy groups -OCH3 is 1. The summed E-state index contributed by atoms with van der Waals surface area (Å²) in [7, 11) is 1.67. The van der Waals surface area contributed by atoms with E-state index in [1.807, 2.05) is 13.8 Å². The topological polar surface area (TPSA) is 45.0 Å². The summed E-state index contributed by atoms with van der Waals surface area (Å²) in [6.45, 7) is 6.85. The largest absolute Gasteiger partial charge is 0.382 e. The van der Waals surface area contributed by atoms with Crippen LogP contribution in [0.4, 0.5) is 0 Å². The Labute approximate surface area is 81.1 Å². The van der Waals surface area contributed by atoms with Crippen molar-refractivity contribution >= 4 is 0 Å². The van der Waals surface area contributed by atoms with E-state index in [0.29, 0.717) is 0 Å². The van der Waals surface area contributed by atoms with Crippen LogP contribution in [0.2, 0.25) is 0 Å². The predicted octanol–water partition coefficient (Wildman–Crippen LogP) is 1.69. The van der Waals surface area contributed by atoms with Crippen LogP contribution in [0.5, 0.6) is 0 Å². The van der Waals surface area contributed by atoms with E-state index in [-0.39, 0.29) is 6.10 Å². The highest BCUT2D eigenvalue weighted by molar-refractivity contribution is 5.04. The smallest absolute Gasteiger partial charge is 0.106 e. The lowest BCUT2D eigenvalue weighted by molar-refractivity contribution is 0.0931. The minimum absolute atomic E-state index is 0.119. The molecule has 2 unspecified atom stereocenters. The van der Waals surface area contributed by atoms with Crippen molar-refractivity contribution in [3.05, 3.63) is 0 Å². The van der Waals surface area contributed by atoms with Crippen molar-refractivity contribution in [1.82, 2.24) is 5.32 Å². The molecular formula is C10H20N2O. The number of nitrogens with zero attached hydrogens (tertiary/aromatic N) is 1. The third-order valence-electron chi connectivity index (χ3n) is 2.11. The summed E-state index contributed by atoms with van der Waals surface area (Å²) in [5, 5.41) is 12.2. The van der Waals surface area contributed by atoms with Crippen molar-refractivity contribution in [2.24, 2.45) is 0 Å². The minimum atomic E-state index is -0.453. The number of rotatable bonds is 6. The van der Waals surface area contributed by atoms with Gasteiger partial charge in [-0.3, -0.25) is 5.32 Å². The number of hydrogen-bond acceptors (Lipinski definition) is 3. The summed E-state index contributed by atoms with van der Waals surface area (Å²) in [4.78, 5) is 0. The summed E-state index contributed by atoms with van der Waals surface area (Å²) < 4.78 is 5.14. The quantitative estimate of drug-likeness (QED) is 0.683. The van der Waals surface area contributed by atoms with Crippen molar-refractivity contribution in [3.8, 4) is 6.07 Å². The highest BCUT2D eigenvalue weighted by Gasteiger charge is 2.25.